The van der Waals surface area contributed by atoms with Crippen molar-refractivity contribution in [3.63, 3.8) is 0 Å². The summed E-state index contributed by atoms with van der Waals surface area (Å²) in [5.74, 6) is 0. The molecular weight excluding hydrogens is 399 g/mol. The minimum atomic E-state index is -4.09. The van der Waals surface area contributed by atoms with Crippen molar-refractivity contribution < 1.29 is 69.5 Å². The van der Waals surface area contributed by atoms with E-state index in [1.54, 1.807) is 0 Å². The summed E-state index contributed by atoms with van der Waals surface area (Å²) in [6, 6.07) is 0. The Bertz CT molecular complexity index is 413. The molecule has 0 saturated carbocycles. The Labute approximate surface area is 218 Å². The molecule has 0 aliphatic heterocycles. The van der Waals surface area contributed by atoms with Crippen LogP contribution in [0, 0.1) is 0 Å². The molecule has 0 aromatic carbocycles. The average Bonchev–Trinajstić information content (AvgIpc) is 2.59. The summed E-state index contributed by atoms with van der Waals surface area (Å²) in [6.07, 6.45) is 21.4. The molecule has 1 N–H and O–H groups in total. The Kier molecular flexibility index (Phi) is 24.6. The number of hydrogen-bond donors (Lipinski definition) is 1. The Morgan fingerprint density at radius 3 is 1.11 bits per heavy atom. The van der Waals surface area contributed by atoms with Crippen LogP contribution in [-0.4, -0.2) is 29.4 Å². The van der Waals surface area contributed by atoms with E-state index in [9.17, 15) is 18.1 Å². The van der Waals surface area contributed by atoms with Gasteiger partial charge in [-0.25, -0.2) is 8.42 Å². The third kappa shape index (κ3) is 23.8. The van der Waals surface area contributed by atoms with Gasteiger partial charge in [0.1, 0.15) is 0 Å². The second kappa shape index (κ2) is 21.7. The molecule has 164 valence electrons. The van der Waals surface area contributed by atoms with Gasteiger partial charge in [0.25, 0.3) is 0 Å². The van der Waals surface area contributed by atoms with E-state index in [1.165, 1.54) is 90.4 Å². The normalized spacial score (nSPS) is 13.9. The van der Waals surface area contributed by atoms with Crippen molar-refractivity contribution in [3.05, 3.63) is 0 Å². The van der Waals surface area contributed by atoms with Crippen molar-refractivity contribution in [3.8, 4) is 0 Å². The predicted molar refractivity (Wildman–Crippen MR) is 114 cm³/mol. The number of aliphatic hydroxyl groups excluding tert-OH is 1. The van der Waals surface area contributed by atoms with Gasteiger partial charge in [-0.3, -0.25) is 0 Å². The molecule has 0 radical (unpaired) electrons. The van der Waals surface area contributed by atoms with Crippen LogP contribution in [-0.2, 0) is 10.1 Å². The first-order valence-electron chi connectivity index (χ1n) is 11.5. The van der Waals surface area contributed by atoms with E-state index < -0.39 is 15.4 Å². The molecule has 6 heteroatoms. The van der Waals surface area contributed by atoms with Gasteiger partial charge in [-0.1, -0.05) is 103 Å². The third-order valence-electron chi connectivity index (χ3n) is 5.48. The first kappa shape index (κ1) is 31.7. The van der Waals surface area contributed by atoms with E-state index in [0.29, 0.717) is 6.42 Å². The Morgan fingerprint density at radius 2 is 0.857 bits per heavy atom. The molecule has 28 heavy (non-hydrogen) atoms. The monoisotopic (exact) mass is 444 g/mol. The van der Waals surface area contributed by atoms with E-state index in [4.69, 9.17) is 0 Å². The zero-order valence-electron chi connectivity index (χ0n) is 19.0. The van der Waals surface area contributed by atoms with Crippen LogP contribution in [0.5, 0.6) is 0 Å². The van der Waals surface area contributed by atoms with E-state index >= 15 is 0 Å². The van der Waals surface area contributed by atoms with E-state index in [-0.39, 0.29) is 57.5 Å². The topological polar surface area (TPSA) is 77.4 Å². The van der Waals surface area contributed by atoms with Crippen molar-refractivity contribution in [1.29, 1.82) is 0 Å². The Morgan fingerprint density at radius 1 is 0.607 bits per heavy atom. The van der Waals surface area contributed by atoms with Crippen molar-refractivity contribution in [2.75, 3.05) is 0 Å². The number of rotatable bonds is 20. The molecule has 0 fully saturated rings. The van der Waals surface area contributed by atoms with Gasteiger partial charge in [0, 0.05) is 5.25 Å². The van der Waals surface area contributed by atoms with Gasteiger partial charge in [-0.05, 0) is 26.7 Å². The fourth-order valence-electron chi connectivity index (χ4n) is 3.49. The van der Waals surface area contributed by atoms with Crippen LogP contribution in [0.3, 0.4) is 0 Å². The fourth-order valence-corrected chi connectivity index (χ4v) is 3.95. The zero-order chi connectivity index (χ0) is 20.4. The minimum absolute atomic E-state index is 0. The first-order chi connectivity index (χ1) is 12.8. The van der Waals surface area contributed by atoms with Gasteiger partial charge >= 0.3 is 51.4 Å². The van der Waals surface area contributed by atoms with Crippen molar-refractivity contribution in [2.45, 2.75) is 141 Å². The van der Waals surface area contributed by atoms with Crippen LogP contribution in [0.15, 0.2) is 0 Å². The molecule has 0 aromatic heterocycles. The van der Waals surface area contributed by atoms with Crippen LogP contribution >= 0.6 is 0 Å². The number of hydrogen-bond acceptors (Lipinski definition) is 4. The molecule has 4 nitrogen and oxygen atoms in total. The van der Waals surface area contributed by atoms with Crippen LogP contribution in [0.1, 0.15) is 129 Å². The molecule has 0 rings (SSSR count). The quantitative estimate of drug-likeness (QED) is 0.177. The second-order valence-electron chi connectivity index (χ2n) is 8.39. The van der Waals surface area contributed by atoms with E-state index in [2.05, 4.69) is 0 Å². The molecule has 0 spiro atoms. The summed E-state index contributed by atoms with van der Waals surface area (Å²) in [5, 5.41) is 8.46. The van der Waals surface area contributed by atoms with Gasteiger partial charge in [0.05, 0.1) is 16.2 Å². The largest absolute Gasteiger partial charge is 1.00 e. The molecule has 0 aliphatic rings. The molecule has 0 heterocycles. The zero-order valence-corrected chi connectivity index (χ0v) is 22.9. The summed E-state index contributed by atoms with van der Waals surface area (Å²) in [6.45, 7) is 3.39. The number of unbranched alkanes of at least 4 members (excludes halogenated alkanes) is 15. The first-order valence-corrected chi connectivity index (χ1v) is 12.9. The molecule has 0 aromatic rings. The summed E-state index contributed by atoms with van der Waals surface area (Å²) >= 11 is 0. The molecule has 2 unspecified atom stereocenters. The van der Waals surface area contributed by atoms with E-state index in [1.807, 2.05) is 6.92 Å². The summed E-state index contributed by atoms with van der Waals surface area (Å²) in [4.78, 5) is 0. The molecule has 2 atom stereocenters. The molecule has 0 saturated heterocycles. The second-order valence-corrected chi connectivity index (χ2v) is 10.2. The standard InChI is InChI=1S/C22H46O4S.K/c1-21(23)19-17-15-13-11-9-7-5-3-4-6-8-10-12-14-16-18-20-22(2)27(24,25)26;/h21-23H,3-20H2,1-2H3,(H,24,25,26);/q;+1/p-1. The van der Waals surface area contributed by atoms with Gasteiger partial charge in [0.2, 0.25) is 0 Å². The van der Waals surface area contributed by atoms with Crippen molar-refractivity contribution in [2.24, 2.45) is 0 Å². The average molecular weight is 445 g/mol. The maximum atomic E-state index is 10.8. The fraction of sp³-hybridized carbons (Fsp3) is 1.00. The minimum Gasteiger partial charge on any atom is -0.748 e. The predicted octanol–water partition coefficient (Wildman–Crippen LogP) is 3.33. The smallest absolute Gasteiger partial charge is 0.748 e. The van der Waals surface area contributed by atoms with Gasteiger partial charge in [0.15, 0.2) is 0 Å². The van der Waals surface area contributed by atoms with Gasteiger partial charge < -0.3 is 9.66 Å². The Balaban J connectivity index is 0. The maximum Gasteiger partial charge on any atom is 1.00 e. The molecular formula is C22H45KO4S. The maximum absolute atomic E-state index is 10.8. The summed E-state index contributed by atoms with van der Waals surface area (Å²) < 4.78 is 32.4. The van der Waals surface area contributed by atoms with Crippen LogP contribution < -0.4 is 51.4 Å². The van der Waals surface area contributed by atoms with Crippen LogP contribution in [0.2, 0.25) is 0 Å². The Hall–Kier alpha value is 1.51. The van der Waals surface area contributed by atoms with Crippen LogP contribution in [0.25, 0.3) is 0 Å². The third-order valence-corrected chi connectivity index (χ3v) is 6.70. The molecule has 0 aliphatic carbocycles. The van der Waals surface area contributed by atoms with Crippen LogP contribution in [0.4, 0.5) is 0 Å². The molecule has 0 bridgehead atoms. The SMILES string of the molecule is CC(O)CCCCCCCCCCCCCCCCCCC(C)S(=O)(=O)[O-].[K+]. The summed E-state index contributed by atoms with van der Waals surface area (Å²) in [7, 11) is -4.09. The van der Waals surface area contributed by atoms with Gasteiger partial charge in [-0.2, -0.15) is 0 Å². The summed E-state index contributed by atoms with van der Waals surface area (Å²) in [5.41, 5.74) is 0. The van der Waals surface area contributed by atoms with Crippen molar-refractivity contribution in [1.82, 2.24) is 0 Å². The van der Waals surface area contributed by atoms with Crippen molar-refractivity contribution >= 4 is 10.1 Å². The van der Waals surface area contributed by atoms with E-state index in [0.717, 1.165) is 25.7 Å². The van der Waals surface area contributed by atoms with Gasteiger partial charge in [-0.15, -0.1) is 0 Å². The molecule has 0 amide bonds. The number of aliphatic hydroxyl groups is 1.